The molecule has 2 aromatic carbocycles. The molecule has 1 fully saturated rings. The SMILES string of the molecule is Oc1ccc2c(c1)C1CCCN(Cc3ccccc3)C1CO2. The van der Waals surface area contributed by atoms with Crippen molar-refractivity contribution in [2.45, 2.75) is 31.3 Å². The van der Waals surface area contributed by atoms with Crippen LogP contribution in [-0.4, -0.2) is 29.2 Å². The monoisotopic (exact) mass is 295 g/mol. The Balaban J connectivity index is 1.60. The molecule has 0 spiro atoms. The highest BCUT2D eigenvalue weighted by molar-refractivity contribution is 5.44. The third-order valence-electron chi connectivity index (χ3n) is 4.92. The molecular formula is C19H21NO2. The molecule has 2 aliphatic rings. The predicted octanol–water partition coefficient (Wildman–Crippen LogP) is 3.53. The van der Waals surface area contributed by atoms with E-state index in [0.717, 1.165) is 25.4 Å². The molecule has 0 bridgehead atoms. The molecule has 2 aromatic rings. The molecule has 2 atom stereocenters. The molecule has 0 radical (unpaired) electrons. The normalized spacial score (nSPS) is 24.2. The molecule has 2 unspecified atom stereocenters. The minimum atomic E-state index is 0.336. The van der Waals surface area contributed by atoms with E-state index < -0.39 is 0 Å². The maximum Gasteiger partial charge on any atom is 0.123 e. The Morgan fingerprint density at radius 2 is 2.00 bits per heavy atom. The first kappa shape index (κ1) is 13.6. The average Bonchev–Trinajstić information content (AvgIpc) is 2.56. The van der Waals surface area contributed by atoms with Crippen LogP contribution in [0.1, 0.15) is 29.9 Å². The average molecular weight is 295 g/mol. The van der Waals surface area contributed by atoms with E-state index in [2.05, 4.69) is 35.2 Å². The van der Waals surface area contributed by atoms with Gasteiger partial charge in [0.05, 0.1) is 6.04 Å². The van der Waals surface area contributed by atoms with E-state index in [1.54, 1.807) is 6.07 Å². The zero-order valence-corrected chi connectivity index (χ0v) is 12.6. The fourth-order valence-corrected chi connectivity index (χ4v) is 3.86. The van der Waals surface area contributed by atoms with Crippen molar-refractivity contribution in [3.63, 3.8) is 0 Å². The van der Waals surface area contributed by atoms with Gasteiger partial charge in [0.1, 0.15) is 18.1 Å². The number of hydrogen-bond acceptors (Lipinski definition) is 3. The molecule has 0 amide bonds. The Morgan fingerprint density at radius 3 is 2.86 bits per heavy atom. The molecule has 2 aliphatic heterocycles. The van der Waals surface area contributed by atoms with E-state index in [0.29, 0.717) is 17.7 Å². The number of phenolic OH excluding ortho intramolecular Hbond substituents is 1. The van der Waals surface area contributed by atoms with Crippen LogP contribution >= 0.6 is 0 Å². The van der Waals surface area contributed by atoms with Crippen molar-refractivity contribution < 1.29 is 9.84 Å². The third-order valence-corrected chi connectivity index (χ3v) is 4.92. The molecule has 114 valence electrons. The highest BCUT2D eigenvalue weighted by atomic mass is 16.5. The second-order valence-electron chi connectivity index (χ2n) is 6.31. The molecule has 22 heavy (non-hydrogen) atoms. The zero-order chi connectivity index (χ0) is 14.9. The van der Waals surface area contributed by atoms with Gasteiger partial charge in [0.2, 0.25) is 0 Å². The summed E-state index contributed by atoms with van der Waals surface area (Å²) in [6.07, 6.45) is 2.37. The van der Waals surface area contributed by atoms with E-state index in [1.165, 1.54) is 24.0 Å². The second-order valence-corrected chi connectivity index (χ2v) is 6.31. The smallest absolute Gasteiger partial charge is 0.123 e. The fourth-order valence-electron chi connectivity index (χ4n) is 3.86. The Bertz CT molecular complexity index is 656. The van der Waals surface area contributed by atoms with Gasteiger partial charge in [0.15, 0.2) is 0 Å². The lowest BCUT2D eigenvalue weighted by Gasteiger charge is -2.44. The van der Waals surface area contributed by atoms with Crippen LogP contribution in [0.4, 0.5) is 0 Å². The molecule has 1 N–H and O–H groups in total. The van der Waals surface area contributed by atoms with Crippen LogP contribution in [0.5, 0.6) is 11.5 Å². The summed E-state index contributed by atoms with van der Waals surface area (Å²) in [6.45, 7) is 2.84. The number of benzene rings is 2. The number of rotatable bonds is 2. The predicted molar refractivity (Wildman–Crippen MR) is 86.2 cm³/mol. The van der Waals surface area contributed by atoms with Crippen molar-refractivity contribution in [2.75, 3.05) is 13.2 Å². The van der Waals surface area contributed by atoms with Gasteiger partial charge >= 0.3 is 0 Å². The van der Waals surface area contributed by atoms with E-state index in [9.17, 15) is 5.11 Å². The molecule has 0 aromatic heterocycles. The topological polar surface area (TPSA) is 32.7 Å². The van der Waals surface area contributed by atoms with Crippen LogP contribution in [0.3, 0.4) is 0 Å². The summed E-state index contributed by atoms with van der Waals surface area (Å²) in [7, 11) is 0. The van der Waals surface area contributed by atoms with Crippen molar-refractivity contribution in [1.82, 2.24) is 4.90 Å². The van der Waals surface area contributed by atoms with E-state index in [1.807, 2.05) is 12.1 Å². The van der Waals surface area contributed by atoms with Crippen molar-refractivity contribution in [3.8, 4) is 11.5 Å². The Kier molecular flexibility index (Phi) is 3.51. The quantitative estimate of drug-likeness (QED) is 0.920. The molecule has 0 saturated carbocycles. The summed E-state index contributed by atoms with van der Waals surface area (Å²) in [5.74, 6) is 1.75. The van der Waals surface area contributed by atoms with E-state index in [-0.39, 0.29) is 0 Å². The number of nitrogens with zero attached hydrogens (tertiary/aromatic N) is 1. The molecule has 0 aliphatic carbocycles. The molecular weight excluding hydrogens is 274 g/mol. The first-order valence-electron chi connectivity index (χ1n) is 8.05. The number of piperidine rings is 1. The summed E-state index contributed by atoms with van der Waals surface area (Å²) < 4.78 is 5.96. The number of likely N-dealkylation sites (tertiary alicyclic amines) is 1. The maximum absolute atomic E-state index is 9.81. The molecule has 3 heteroatoms. The minimum absolute atomic E-state index is 0.336. The second kappa shape index (κ2) is 5.65. The van der Waals surface area contributed by atoms with Gasteiger partial charge in [-0.15, -0.1) is 0 Å². The number of aromatic hydroxyl groups is 1. The largest absolute Gasteiger partial charge is 0.508 e. The van der Waals surface area contributed by atoms with Crippen LogP contribution in [0.25, 0.3) is 0 Å². The Labute approximate surface area is 131 Å². The molecule has 3 nitrogen and oxygen atoms in total. The van der Waals surface area contributed by atoms with Crippen LogP contribution < -0.4 is 4.74 Å². The van der Waals surface area contributed by atoms with Crippen LogP contribution in [0.15, 0.2) is 48.5 Å². The lowest BCUT2D eigenvalue weighted by molar-refractivity contribution is 0.0598. The van der Waals surface area contributed by atoms with Crippen molar-refractivity contribution >= 4 is 0 Å². The van der Waals surface area contributed by atoms with Gasteiger partial charge < -0.3 is 9.84 Å². The van der Waals surface area contributed by atoms with Crippen molar-refractivity contribution in [1.29, 1.82) is 0 Å². The summed E-state index contributed by atoms with van der Waals surface area (Å²) in [5.41, 5.74) is 2.53. The number of fused-ring (bicyclic) bond motifs is 3. The number of hydrogen-bond donors (Lipinski definition) is 1. The molecule has 4 rings (SSSR count). The summed E-state index contributed by atoms with van der Waals surface area (Å²) in [4.78, 5) is 2.54. The summed E-state index contributed by atoms with van der Waals surface area (Å²) in [6, 6.07) is 16.5. The van der Waals surface area contributed by atoms with Crippen molar-refractivity contribution in [3.05, 3.63) is 59.7 Å². The summed E-state index contributed by atoms with van der Waals surface area (Å²) >= 11 is 0. The van der Waals surface area contributed by atoms with Gasteiger partial charge in [0.25, 0.3) is 0 Å². The zero-order valence-electron chi connectivity index (χ0n) is 12.6. The van der Waals surface area contributed by atoms with Gasteiger partial charge in [0, 0.05) is 18.0 Å². The first-order valence-corrected chi connectivity index (χ1v) is 8.05. The van der Waals surface area contributed by atoms with E-state index in [4.69, 9.17) is 4.74 Å². The van der Waals surface area contributed by atoms with Gasteiger partial charge in [-0.05, 0) is 43.1 Å². The van der Waals surface area contributed by atoms with Crippen LogP contribution in [-0.2, 0) is 6.54 Å². The molecule has 1 saturated heterocycles. The van der Waals surface area contributed by atoms with Gasteiger partial charge in [-0.25, -0.2) is 0 Å². The minimum Gasteiger partial charge on any atom is -0.508 e. The van der Waals surface area contributed by atoms with Crippen LogP contribution in [0, 0.1) is 0 Å². The Morgan fingerprint density at radius 1 is 1.14 bits per heavy atom. The van der Waals surface area contributed by atoms with Crippen LogP contribution in [0.2, 0.25) is 0 Å². The fraction of sp³-hybridized carbons (Fsp3) is 0.368. The lowest BCUT2D eigenvalue weighted by atomic mass is 9.81. The first-order chi connectivity index (χ1) is 10.8. The van der Waals surface area contributed by atoms with Crippen molar-refractivity contribution in [2.24, 2.45) is 0 Å². The summed E-state index contributed by atoms with van der Waals surface area (Å²) in [5, 5.41) is 9.81. The van der Waals surface area contributed by atoms with E-state index >= 15 is 0 Å². The van der Waals surface area contributed by atoms with Gasteiger partial charge in [-0.3, -0.25) is 4.90 Å². The Hall–Kier alpha value is -2.00. The number of phenols is 1. The number of ether oxygens (including phenoxy) is 1. The molecule has 2 heterocycles. The lowest BCUT2D eigenvalue weighted by Crippen LogP contribution is -2.48. The van der Waals surface area contributed by atoms with Gasteiger partial charge in [-0.1, -0.05) is 30.3 Å². The van der Waals surface area contributed by atoms with Gasteiger partial charge in [-0.2, -0.15) is 0 Å². The third kappa shape index (κ3) is 2.46. The highest BCUT2D eigenvalue weighted by Crippen LogP contribution is 2.42. The highest BCUT2D eigenvalue weighted by Gasteiger charge is 2.37. The standard InChI is InChI=1S/C19H21NO2/c21-15-8-9-19-17(11-15)16-7-4-10-20(18(16)13-22-19)12-14-5-2-1-3-6-14/h1-3,5-6,8-9,11,16,18,21H,4,7,10,12-13H2. The maximum atomic E-state index is 9.81.